The van der Waals surface area contributed by atoms with E-state index in [0.717, 1.165) is 12.1 Å². The van der Waals surface area contributed by atoms with E-state index in [1.165, 1.54) is 36.0 Å². The van der Waals surface area contributed by atoms with Crippen LogP contribution in [0.3, 0.4) is 0 Å². The second kappa shape index (κ2) is 8.82. The van der Waals surface area contributed by atoms with Gasteiger partial charge in [-0.15, -0.1) is 0 Å². The SMILES string of the molecule is COc1ccc(F)cc1C1=NC(c2ccc(Cl)cc2)C2N1C(=O)N1CC(=O)NC3=C1C2(C)C=C(C(F)(F)F)C3C. The van der Waals surface area contributed by atoms with Gasteiger partial charge in [0.05, 0.1) is 35.9 Å². The zero-order chi connectivity index (χ0) is 28.7. The third kappa shape index (κ3) is 3.74. The molecule has 3 aliphatic heterocycles. The highest BCUT2D eigenvalue weighted by molar-refractivity contribution is 6.30. The molecule has 208 valence electrons. The molecule has 1 aliphatic carbocycles. The van der Waals surface area contributed by atoms with Crippen LogP contribution in [0.5, 0.6) is 5.75 Å². The van der Waals surface area contributed by atoms with Crippen LogP contribution in [0.4, 0.5) is 22.4 Å². The first-order valence-electron chi connectivity index (χ1n) is 12.5. The molecule has 3 amide bonds. The molecule has 0 saturated carbocycles. The van der Waals surface area contributed by atoms with E-state index in [4.69, 9.17) is 21.3 Å². The van der Waals surface area contributed by atoms with Crippen LogP contribution in [0.25, 0.3) is 0 Å². The molecule has 7 nitrogen and oxygen atoms in total. The molecule has 40 heavy (non-hydrogen) atoms. The second-order valence-electron chi connectivity index (χ2n) is 10.4. The van der Waals surface area contributed by atoms with Crippen molar-refractivity contribution in [1.82, 2.24) is 15.1 Å². The fourth-order valence-electron chi connectivity index (χ4n) is 6.34. The van der Waals surface area contributed by atoms with Gasteiger partial charge in [-0.2, -0.15) is 13.2 Å². The van der Waals surface area contributed by atoms with Crippen LogP contribution in [-0.4, -0.2) is 53.4 Å². The van der Waals surface area contributed by atoms with Crippen LogP contribution in [0.1, 0.15) is 31.0 Å². The number of hydrogen-bond acceptors (Lipinski definition) is 4. The molecule has 1 fully saturated rings. The summed E-state index contributed by atoms with van der Waals surface area (Å²) in [6, 6.07) is 7.87. The van der Waals surface area contributed by atoms with E-state index in [1.807, 2.05) is 0 Å². The Morgan fingerprint density at radius 1 is 1.15 bits per heavy atom. The molecule has 0 radical (unpaired) electrons. The highest BCUT2D eigenvalue weighted by Crippen LogP contribution is 2.57. The highest BCUT2D eigenvalue weighted by Gasteiger charge is 2.63. The number of allylic oxidation sites excluding steroid dienone is 1. The number of methoxy groups -OCH3 is 1. The van der Waals surface area contributed by atoms with Crippen LogP contribution in [-0.2, 0) is 4.79 Å². The van der Waals surface area contributed by atoms with Crippen molar-refractivity contribution < 1.29 is 31.9 Å². The molecule has 1 saturated heterocycles. The van der Waals surface area contributed by atoms with Gasteiger partial charge in [-0.05, 0) is 42.8 Å². The normalized spacial score (nSPS) is 27.6. The number of aliphatic imine (C=N–C) groups is 1. The quantitative estimate of drug-likeness (QED) is 0.384. The minimum absolute atomic E-state index is 0.0275. The standard InChI is InChI=1S/C28H23ClF4N4O3/c1-13-18(28(31,32)33)11-27(2)23-21(13)34-20(38)12-36(23)26(39)37-24(27)22(14-4-6-15(29)7-5-14)35-25(37)17-10-16(30)8-9-19(17)40-3/h4-11,13,22,24H,12H2,1-3H3,(H,34,38). The highest BCUT2D eigenvalue weighted by atomic mass is 35.5. The Morgan fingerprint density at radius 2 is 1.85 bits per heavy atom. The van der Waals surface area contributed by atoms with Gasteiger partial charge in [-0.25, -0.2) is 9.18 Å². The molecular weight excluding hydrogens is 552 g/mol. The van der Waals surface area contributed by atoms with Gasteiger partial charge in [-0.1, -0.05) is 36.7 Å². The van der Waals surface area contributed by atoms with Gasteiger partial charge in [0.25, 0.3) is 0 Å². The Bertz CT molecular complexity index is 1550. The molecule has 2 aromatic rings. The van der Waals surface area contributed by atoms with Gasteiger partial charge in [-0.3, -0.25) is 19.6 Å². The molecule has 0 aromatic heterocycles. The van der Waals surface area contributed by atoms with E-state index in [0.29, 0.717) is 16.3 Å². The maximum atomic E-state index is 14.5. The molecule has 4 atom stereocenters. The number of rotatable bonds is 3. The number of carbonyl (C=O) groups excluding carboxylic acids is 2. The summed E-state index contributed by atoms with van der Waals surface area (Å²) >= 11 is 6.11. The first-order chi connectivity index (χ1) is 18.8. The predicted octanol–water partition coefficient (Wildman–Crippen LogP) is 5.58. The van der Waals surface area contributed by atoms with Crippen molar-refractivity contribution in [3.05, 3.63) is 87.5 Å². The third-order valence-electron chi connectivity index (χ3n) is 8.03. The maximum absolute atomic E-state index is 14.5. The molecule has 3 heterocycles. The molecule has 2 aromatic carbocycles. The van der Waals surface area contributed by atoms with E-state index in [1.54, 1.807) is 31.2 Å². The molecular formula is C28H23ClF4N4O3. The van der Waals surface area contributed by atoms with Crippen LogP contribution in [0.15, 0.2) is 70.5 Å². The lowest BCUT2D eigenvalue weighted by Crippen LogP contribution is -2.67. The molecule has 6 rings (SSSR count). The summed E-state index contributed by atoms with van der Waals surface area (Å²) in [4.78, 5) is 34.2. The van der Waals surface area contributed by atoms with Crippen molar-refractivity contribution in [2.75, 3.05) is 13.7 Å². The van der Waals surface area contributed by atoms with Gasteiger partial charge in [0, 0.05) is 22.2 Å². The molecule has 0 spiro atoms. The monoisotopic (exact) mass is 574 g/mol. The number of urea groups is 1. The van der Waals surface area contributed by atoms with Crippen LogP contribution < -0.4 is 10.1 Å². The summed E-state index contributed by atoms with van der Waals surface area (Å²) in [6.07, 6.45) is -3.56. The Labute approximate surface area is 231 Å². The number of benzene rings is 2. The van der Waals surface area contributed by atoms with Crippen molar-refractivity contribution in [3.63, 3.8) is 0 Å². The molecule has 4 aliphatic rings. The van der Waals surface area contributed by atoms with Crippen molar-refractivity contribution in [3.8, 4) is 5.75 Å². The van der Waals surface area contributed by atoms with Gasteiger partial charge in [0.1, 0.15) is 23.9 Å². The van der Waals surface area contributed by atoms with E-state index in [2.05, 4.69) is 5.32 Å². The number of amidine groups is 1. The number of fused-ring (bicyclic) bond motifs is 2. The Balaban J connectivity index is 1.65. The number of alkyl halides is 3. The number of amides is 3. The van der Waals surface area contributed by atoms with Gasteiger partial charge in [0.2, 0.25) is 5.91 Å². The molecule has 12 heteroatoms. The van der Waals surface area contributed by atoms with E-state index in [-0.39, 0.29) is 22.8 Å². The number of halogens is 5. The summed E-state index contributed by atoms with van der Waals surface area (Å²) in [5.41, 5.74) is -1.22. The molecule has 0 bridgehead atoms. The maximum Gasteiger partial charge on any atom is 0.413 e. The minimum atomic E-state index is -4.70. The third-order valence-corrected chi connectivity index (χ3v) is 8.28. The average molecular weight is 575 g/mol. The average Bonchev–Trinajstić information content (AvgIpc) is 3.31. The Morgan fingerprint density at radius 3 is 2.50 bits per heavy atom. The number of ether oxygens (including phenoxy) is 1. The fourth-order valence-corrected chi connectivity index (χ4v) is 6.47. The first-order valence-corrected chi connectivity index (χ1v) is 12.8. The van der Waals surface area contributed by atoms with Crippen LogP contribution >= 0.6 is 11.6 Å². The lowest BCUT2D eigenvalue weighted by atomic mass is 9.65. The van der Waals surface area contributed by atoms with Crippen molar-refractivity contribution in [2.24, 2.45) is 16.3 Å². The summed E-state index contributed by atoms with van der Waals surface area (Å²) in [6.45, 7) is 2.57. The lowest BCUT2D eigenvalue weighted by Gasteiger charge is -2.55. The predicted molar refractivity (Wildman–Crippen MR) is 138 cm³/mol. The zero-order valence-electron chi connectivity index (χ0n) is 21.5. The largest absolute Gasteiger partial charge is 0.496 e. The topological polar surface area (TPSA) is 74.2 Å². The number of hydrogen-bond donors (Lipinski definition) is 1. The Hall–Kier alpha value is -3.86. The number of nitrogens with one attached hydrogen (secondary N) is 1. The summed E-state index contributed by atoms with van der Waals surface area (Å²) in [5.74, 6) is -2.20. The van der Waals surface area contributed by atoms with Crippen LogP contribution in [0.2, 0.25) is 5.02 Å². The van der Waals surface area contributed by atoms with Crippen molar-refractivity contribution in [1.29, 1.82) is 0 Å². The van der Waals surface area contributed by atoms with Gasteiger partial charge >= 0.3 is 12.2 Å². The number of carbonyl (C=O) groups is 2. The summed E-state index contributed by atoms with van der Waals surface area (Å²) in [5, 5.41) is 3.06. The second-order valence-corrected chi connectivity index (χ2v) is 10.8. The van der Waals surface area contributed by atoms with Gasteiger partial charge in [0.15, 0.2) is 0 Å². The summed E-state index contributed by atoms with van der Waals surface area (Å²) in [7, 11) is 1.38. The summed E-state index contributed by atoms with van der Waals surface area (Å²) < 4.78 is 63.2. The fraction of sp³-hybridized carbons (Fsp3) is 0.321. The van der Waals surface area contributed by atoms with Crippen molar-refractivity contribution >= 4 is 29.4 Å². The Kier molecular flexibility index (Phi) is 5.81. The van der Waals surface area contributed by atoms with E-state index in [9.17, 15) is 27.2 Å². The van der Waals surface area contributed by atoms with E-state index < -0.39 is 59.5 Å². The van der Waals surface area contributed by atoms with Gasteiger partial charge < -0.3 is 10.1 Å². The first kappa shape index (κ1) is 26.4. The lowest BCUT2D eigenvalue weighted by molar-refractivity contribution is -0.123. The molecule has 1 N–H and O–H groups in total. The zero-order valence-corrected chi connectivity index (χ0v) is 22.3. The molecule has 4 unspecified atom stereocenters. The smallest absolute Gasteiger partial charge is 0.413 e. The van der Waals surface area contributed by atoms with Crippen molar-refractivity contribution in [2.45, 2.75) is 32.1 Å². The minimum Gasteiger partial charge on any atom is -0.496 e. The number of nitrogens with zero attached hydrogens (tertiary/aromatic N) is 3. The van der Waals surface area contributed by atoms with E-state index >= 15 is 0 Å². The van der Waals surface area contributed by atoms with Crippen LogP contribution in [0, 0.1) is 17.2 Å².